The van der Waals surface area contributed by atoms with Crippen LogP contribution in [0.25, 0.3) is 0 Å². The quantitative estimate of drug-likeness (QED) is 0.907. The molecular formula is C16H21N3. The van der Waals surface area contributed by atoms with Crippen LogP contribution in [-0.4, -0.2) is 16.0 Å². The second kappa shape index (κ2) is 5.39. The summed E-state index contributed by atoms with van der Waals surface area (Å²) in [6, 6.07) is 12.8. The van der Waals surface area contributed by atoms with Gasteiger partial charge in [-0.25, -0.2) is 9.97 Å². The van der Waals surface area contributed by atoms with Crippen molar-refractivity contribution < 1.29 is 0 Å². The smallest absolute Gasteiger partial charge is 0.129 e. The lowest BCUT2D eigenvalue weighted by Gasteiger charge is -2.33. The average Bonchev–Trinajstić information content (AvgIpc) is 2.39. The van der Waals surface area contributed by atoms with E-state index in [0.29, 0.717) is 0 Å². The van der Waals surface area contributed by atoms with Crippen molar-refractivity contribution in [3.8, 4) is 0 Å². The molecule has 0 aliphatic heterocycles. The van der Waals surface area contributed by atoms with E-state index in [-0.39, 0.29) is 11.5 Å². The molecule has 1 aromatic heterocycles. The highest BCUT2D eigenvalue weighted by molar-refractivity contribution is 5.38. The summed E-state index contributed by atoms with van der Waals surface area (Å²) in [5.41, 5.74) is 2.32. The maximum atomic E-state index is 4.26. The number of nitrogens with zero attached hydrogens (tertiary/aromatic N) is 2. The molecule has 100 valence electrons. The van der Waals surface area contributed by atoms with Gasteiger partial charge in [0, 0.05) is 23.2 Å². The van der Waals surface area contributed by atoms with Crippen LogP contribution in [0.3, 0.4) is 0 Å². The van der Waals surface area contributed by atoms with Crippen molar-refractivity contribution in [3.05, 3.63) is 54.0 Å². The van der Waals surface area contributed by atoms with Crippen molar-refractivity contribution in [2.45, 2.75) is 39.2 Å². The summed E-state index contributed by atoms with van der Waals surface area (Å²) in [6.45, 7) is 8.65. The van der Waals surface area contributed by atoms with Crippen LogP contribution in [0.4, 0.5) is 5.82 Å². The molecule has 0 fully saturated rings. The average molecular weight is 255 g/mol. The van der Waals surface area contributed by atoms with Crippen molar-refractivity contribution in [1.29, 1.82) is 0 Å². The van der Waals surface area contributed by atoms with Gasteiger partial charge in [0.1, 0.15) is 12.1 Å². The van der Waals surface area contributed by atoms with Gasteiger partial charge in [-0.2, -0.15) is 0 Å². The Bertz CT molecular complexity index is 535. The molecule has 1 heterocycles. The minimum atomic E-state index is 0.0279. The molecule has 1 aromatic carbocycles. The van der Waals surface area contributed by atoms with Crippen LogP contribution in [0.1, 0.15) is 32.0 Å². The van der Waals surface area contributed by atoms with E-state index in [9.17, 15) is 0 Å². The fourth-order valence-electron chi connectivity index (χ4n) is 2.05. The Morgan fingerprint density at radius 3 is 2.42 bits per heavy atom. The normalized spacial score (nSPS) is 13.1. The van der Waals surface area contributed by atoms with Gasteiger partial charge in [-0.05, 0) is 19.4 Å². The molecule has 0 bridgehead atoms. The van der Waals surface area contributed by atoms with E-state index in [4.69, 9.17) is 0 Å². The SMILES string of the molecule is Cc1cc(NC(C)C(C)(C)c2ccccc2)ncn1. The standard InChI is InChI=1S/C16H21N3/c1-12-10-15(18-11-17-12)19-13(2)16(3,4)14-8-6-5-7-9-14/h5-11,13H,1-4H3,(H,17,18,19). The van der Waals surface area contributed by atoms with Gasteiger partial charge in [0.25, 0.3) is 0 Å². The molecule has 1 unspecified atom stereocenters. The van der Waals surface area contributed by atoms with Gasteiger partial charge in [0.05, 0.1) is 0 Å². The number of benzene rings is 1. The molecule has 1 atom stereocenters. The number of anilines is 1. The third kappa shape index (κ3) is 3.11. The highest BCUT2D eigenvalue weighted by atomic mass is 15.0. The number of aryl methyl sites for hydroxylation is 1. The Balaban J connectivity index is 2.17. The van der Waals surface area contributed by atoms with Crippen LogP contribution in [0, 0.1) is 6.92 Å². The summed E-state index contributed by atoms with van der Waals surface area (Å²) in [5.74, 6) is 0.879. The highest BCUT2D eigenvalue weighted by Gasteiger charge is 2.27. The Hall–Kier alpha value is -1.90. The van der Waals surface area contributed by atoms with E-state index in [1.807, 2.05) is 19.1 Å². The maximum absolute atomic E-state index is 4.26. The summed E-state index contributed by atoms with van der Waals surface area (Å²) < 4.78 is 0. The van der Waals surface area contributed by atoms with Crippen molar-refractivity contribution in [3.63, 3.8) is 0 Å². The van der Waals surface area contributed by atoms with Crippen molar-refractivity contribution in [2.75, 3.05) is 5.32 Å². The van der Waals surface area contributed by atoms with E-state index in [1.54, 1.807) is 6.33 Å². The summed E-state index contributed by atoms with van der Waals surface area (Å²) in [6.07, 6.45) is 1.60. The molecule has 0 aliphatic carbocycles. The molecule has 0 saturated heterocycles. The first kappa shape index (κ1) is 13.5. The van der Waals surface area contributed by atoms with Crippen LogP contribution in [-0.2, 0) is 5.41 Å². The van der Waals surface area contributed by atoms with Crippen molar-refractivity contribution in [1.82, 2.24) is 9.97 Å². The summed E-state index contributed by atoms with van der Waals surface area (Å²) in [7, 11) is 0. The number of aromatic nitrogens is 2. The molecular weight excluding hydrogens is 234 g/mol. The molecule has 3 nitrogen and oxygen atoms in total. The predicted molar refractivity (Wildman–Crippen MR) is 79.3 cm³/mol. The van der Waals surface area contributed by atoms with Crippen molar-refractivity contribution >= 4 is 5.82 Å². The first-order chi connectivity index (χ1) is 9.00. The minimum Gasteiger partial charge on any atom is -0.367 e. The Kier molecular flexibility index (Phi) is 3.84. The van der Waals surface area contributed by atoms with E-state index in [0.717, 1.165) is 11.5 Å². The summed E-state index contributed by atoms with van der Waals surface area (Å²) in [4.78, 5) is 8.38. The van der Waals surface area contributed by atoms with Gasteiger partial charge < -0.3 is 5.32 Å². The fourth-order valence-corrected chi connectivity index (χ4v) is 2.05. The Morgan fingerprint density at radius 2 is 1.79 bits per heavy atom. The Morgan fingerprint density at radius 1 is 1.11 bits per heavy atom. The zero-order chi connectivity index (χ0) is 13.9. The second-order valence-corrected chi connectivity index (χ2v) is 5.50. The van der Waals surface area contributed by atoms with E-state index in [2.05, 4.69) is 60.3 Å². The van der Waals surface area contributed by atoms with E-state index < -0.39 is 0 Å². The highest BCUT2D eigenvalue weighted by Crippen LogP contribution is 2.28. The molecule has 0 aliphatic rings. The van der Waals surface area contributed by atoms with Crippen LogP contribution < -0.4 is 5.32 Å². The van der Waals surface area contributed by atoms with Crippen molar-refractivity contribution in [2.24, 2.45) is 0 Å². The van der Waals surface area contributed by atoms with Gasteiger partial charge >= 0.3 is 0 Å². The maximum Gasteiger partial charge on any atom is 0.129 e. The van der Waals surface area contributed by atoms with E-state index >= 15 is 0 Å². The van der Waals surface area contributed by atoms with Gasteiger partial charge in [-0.15, -0.1) is 0 Å². The lowest BCUT2D eigenvalue weighted by Crippen LogP contribution is -2.37. The molecule has 2 rings (SSSR count). The number of nitrogens with one attached hydrogen (secondary N) is 1. The lowest BCUT2D eigenvalue weighted by atomic mass is 9.78. The number of rotatable bonds is 4. The van der Waals surface area contributed by atoms with Gasteiger partial charge in [-0.1, -0.05) is 44.2 Å². The molecule has 0 spiro atoms. The fraction of sp³-hybridized carbons (Fsp3) is 0.375. The van der Waals surface area contributed by atoms with Gasteiger partial charge in [0.2, 0.25) is 0 Å². The molecule has 2 aromatic rings. The molecule has 19 heavy (non-hydrogen) atoms. The second-order valence-electron chi connectivity index (χ2n) is 5.50. The molecule has 1 N–H and O–H groups in total. The summed E-state index contributed by atoms with van der Waals surface area (Å²) >= 11 is 0. The topological polar surface area (TPSA) is 37.8 Å². The van der Waals surface area contributed by atoms with E-state index in [1.165, 1.54) is 5.56 Å². The zero-order valence-corrected chi connectivity index (χ0v) is 12.0. The molecule has 3 heteroatoms. The molecule has 0 amide bonds. The number of hydrogen-bond acceptors (Lipinski definition) is 3. The first-order valence-corrected chi connectivity index (χ1v) is 6.61. The molecule has 0 radical (unpaired) electrons. The summed E-state index contributed by atoms with van der Waals surface area (Å²) in [5, 5.41) is 3.47. The first-order valence-electron chi connectivity index (χ1n) is 6.61. The molecule has 0 saturated carbocycles. The van der Waals surface area contributed by atoms with Crippen LogP contribution >= 0.6 is 0 Å². The third-order valence-corrected chi connectivity index (χ3v) is 3.77. The predicted octanol–water partition coefficient (Wildman–Crippen LogP) is 3.56. The number of hydrogen-bond donors (Lipinski definition) is 1. The van der Waals surface area contributed by atoms with Crippen LogP contribution in [0.5, 0.6) is 0 Å². The van der Waals surface area contributed by atoms with Gasteiger partial charge in [0.15, 0.2) is 0 Å². The Labute approximate surface area is 115 Å². The minimum absolute atomic E-state index is 0.0279. The van der Waals surface area contributed by atoms with Gasteiger partial charge in [-0.3, -0.25) is 0 Å². The zero-order valence-electron chi connectivity index (χ0n) is 12.0. The monoisotopic (exact) mass is 255 g/mol. The van der Waals surface area contributed by atoms with Crippen LogP contribution in [0.2, 0.25) is 0 Å². The van der Waals surface area contributed by atoms with Crippen LogP contribution in [0.15, 0.2) is 42.7 Å². The largest absolute Gasteiger partial charge is 0.367 e. The lowest BCUT2D eigenvalue weighted by molar-refractivity contribution is 0.457. The third-order valence-electron chi connectivity index (χ3n) is 3.77.